The van der Waals surface area contributed by atoms with Crippen molar-refractivity contribution in [1.82, 2.24) is 0 Å². The van der Waals surface area contributed by atoms with Gasteiger partial charge in [0.15, 0.2) is 0 Å². The molecule has 1 unspecified atom stereocenters. The van der Waals surface area contributed by atoms with Gasteiger partial charge in [0.05, 0.1) is 11.5 Å². The van der Waals surface area contributed by atoms with Gasteiger partial charge in [0, 0.05) is 16.7 Å². The third-order valence-electron chi connectivity index (χ3n) is 4.82. The summed E-state index contributed by atoms with van der Waals surface area (Å²) < 4.78 is 16.5. The Morgan fingerprint density at radius 2 is 1.93 bits per heavy atom. The standard InChI is InChI=1S/C23H17ClN2O4/c1-13-10-19-21(23(27)29-13)20(17(11-25)22(26)30-19)14-6-8-16(9-7-14)28-12-15-4-2-3-5-18(15)24/h2-10,20H,12,26H2,1H3. The minimum atomic E-state index is -0.687. The van der Waals surface area contributed by atoms with E-state index >= 15 is 0 Å². The Labute approximate surface area is 177 Å². The van der Waals surface area contributed by atoms with Crippen molar-refractivity contribution in [2.24, 2.45) is 5.73 Å². The van der Waals surface area contributed by atoms with Crippen molar-refractivity contribution < 1.29 is 13.9 Å². The molecule has 1 aliphatic rings. The summed E-state index contributed by atoms with van der Waals surface area (Å²) in [5.41, 5.74) is 7.36. The topological polar surface area (TPSA) is 98.5 Å². The van der Waals surface area contributed by atoms with Crippen LogP contribution in [0.3, 0.4) is 0 Å². The predicted octanol–water partition coefficient (Wildman–Crippen LogP) is 4.40. The number of hydrogen-bond donors (Lipinski definition) is 1. The number of fused-ring (bicyclic) bond motifs is 1. The second-order valence-electron chi connectivity index (χ2n) is 6.80. The molecule has 0 amide bonds. The van der Waals surface area contributed by atoms with Gasteiger partial charge in [0.2, 0.25) is 5.88 Å². The van der Waals surface area contributed by atoms with E-state index in [2.05, 4.69) is 6.07 Å². The molecular formula is C23H17ClN2O4. The molecule has 0 saturated carbocycles. The normalized spacial score (nSPS) is 15.2. The third kappa shape index (κ3) is 3.63. The third-order valence-corrected chi connectivity index (χ3v) is 5.19. The van der Waals surface area contributed by atoms with Gasteiger partial charge in [0.25, 0.3) is 0 Å². The first-order valence-electron chi connectivity index (χ1n) is 9.16. The Hall–Kier alpha value is -3.69. The molecule has 7 heteroatoms. The lowest BCUT2D eigenvalue weighted by molar-refractivity contribution is 0.306. The Morgan fingerprint density at radius 3 is 2.63 bits per heavy atom. The Morgan fingerprint density at radius 1 is 1.20 bits per heavy atom. The van der Waals surface area contributed by atoms with Crippen molar-refractivity contribution in [1.29, 1.82) is 5.26 Å². The maximum Gasteiger partial charge on any atom is 0.343 e. The second kappa shape index (κ2) is 7.97. The van der Waals surface area contributed by atoms with E-state index in [9.17, 15) is 10.1 Å². The van der Waals surface area contributed by atoms with Crippen LogP contribution in [0.5, 0.6) is 11.5 Å². The Balaban J connectivity index is 1.66. The monoisotopic (exact) mass is 420 g/mol. The number of nitrogens with zero attached hydrogens (tertiary/aromatic N) is 1. The predicted molar refractivity (Wildman–Crippen MR) is 111 cm³/mol. The molecule has 0 radical (unpaired) electrons. The molecule has 4 rings (SSSR count). The molecule has 2 N–H and O–H groups in total. The maximum atomic E-state index is 12.5. The highest BCUT2D eigenvalue weighted by atomic mass is 35.5. The van der Waals surface area contributed by atoms with E-state index in [4.69, 9.17) is 31.2 Å². The van der Waals surface area contributed by atoms with E-state index in [1.165, 1.54) is 0 Å². The van der Waals surface area contributed by atoms with Crippen LogP contribution < -0.4 is 20.8 Å². The molecule has 2 aromatic carbocycles. The molecule has 2 heterocycles. The van der Waals surface area contributed by atoms with E-state index in [-0.39, 0.29) is 17.0 Å². The number of nitrogens with two attached hydrogens (primary N) is 1. The first-order valence-corrected chi connectivity index (χ1v) is 9.54. The van der Waals surface area contributed by atoms with Gasteiger partial charge in [-0.3, -0.25) is 0 Å². The smallest absolute Gasteiger partial charge is 0.343 e. The summed E-state index contributed by atoms with van der Waals surface area (Å²) in [5, 5.41) is 10.3. The van der Waals surface area contributed by atoms with Gasteiger partial charge in [-0.15, -0.1) is 0 Å². The van der Waals surface area contributed by atoms with E-state index in [1.807, 2.05) is 18.2 Å². The van der Waals surface area contributed by atoms with E-state index in [1.54, 1.807) is 43.3 Å². The van der Waals surface area contributed by atoms with Gasteiger partial charge >= 0.3 is 5.63 Å². The molecule has 0 aliphatic carbocycles. The zero-order valence-corrected chi connectivity index (χ0v) is 16.8. The van der Waals surface area contributed by atoms with Crippen molar-refractivity contribution in [3.8, 4) is 17.6 Å². The Bertz CT molecular complexity index is 1240. The van der Waals surface area contributed by atoms with Crippen LogP contribution in [-0.2, 0) is 6.61 Å². The molecular weight excluding hydrogens is 404 g/mol. The molecule has 150 valence electrons. The lowest BCUT2D eigenvalue weighted by Crippen LogP contribution is -2.26. The molecule has 0 fully saturated rings. The summed E-state index contributed by atoms with van der Waals surface area (Å²) in [6, 6.07) is 18.2. The average Bonchev–Trinajstić information content (AvgIpc) is 2.72. The first kappa shape index (κ1) is 19.6. The molecule has 1 aromatic heterocycles. The fraction of sp³-hybridized carbons (Fsp3) is 0.130. The second-order valence-corrected chi connectivity index (χ2v) is 7.20. The fourth-order valence-corrected chi connectivity index (χ4v) is 3.57. The first-order chi connectivity index (χ1) is 14.5. The number of rotatable bonds is 4. The van der Waals surface area contributed by atoms with Crippen molar-refractivity contribution in [3.05, 3.63) is 104 Å². The number of ether oxygens (including phenoxy) is 2. The lowest BCUT2D eigenvalue weighted by atomic mass is 9.84. The number of allylic oxidation sites excluding steroid dienone is 1. The van der Waals surface area contributed by atoms with E-state index in [0.717, 1.165) is 5.56 Å². The van der Waals surface area contributed by atoms with Crippen LogP contribution in [0.1, 0.15) is 28.4 Å². The molecule has 0 saturated heterocycles. The van der Waals surface area contributed by atoms with Crippen LogP contribution in [0.4, 0.5) is 0 Å². The Kier molecular flexibility index (Phi) is 5.21. The van der Waals surface area contributed by atoms with E-state index < -0.39 is 11.5 Å². The maximum absolute atomic E-state index is 12.5. The van der Waals surface area contributed by atoms with Gasteiger partial charge in [-0.25, -0.2) is 4.79 Å². The number of halogens is 1. The zero-order valence-electron chi connectivity index (χ0n) is 16.0. The average molecular weight is 421 g/mol. The molecule has 6 nitrogen and oxygen atoms in total. The SMILES string of the molecule is Cc1cc2c(c(=O)o1)C(c1ccc(OCc3ccccc3Cl)cc1)C(C#N)=C(N)O2. The van der Waals surface area contributed by atoms with Gasteiger partial charge in [-0.05, 0) is 30.7 Å². The van der Waals surface area contributed by atoms with Crippen LogP contribution >= 0.6 is 11.6 Å². The van der Waals surface area contributed by atoms with Crippen molar-refractivity contribution in [2.75, 3.05) is 0 Å². The molecule has 1 aliphatic heterocycles. The highest BCUT2D eigenvalue weighted by molar-refractivity contribution is 6.31. The van der Waals surface area contributed by atoms with Crippen LogP contribution in [0.25, 0.3) is 0 Å². The van der Waals surface area contributed by atoms with Crippen molar-refractivity contribution >= 4 is 11.6 Å². The van der Waals surface area contributed by atoms with Crippen LogP contribution in [0.2, 0.25) is 5.02 Å². The highest BCUT2D eigenvalue weighted by Crippen LogP contribution is 2.40. The molecule has 3 aromatic rings. The summed E-state index contributed by atoms with van der Waals surface area (Å²) in [7, 11) is 0. The van der Waals surface area contributed by atoms with Gasteiger partial charge < -0.3 is 19.6 Å². The van der Waals surface area contributed by atoms with Crippen LogP contribution in [0.15, 0.2) is 75.3 Å². The number of benzene rings is 2. The number of aryl methyl sites for hydroxylation is 1. The summed E-state index contributed by atoms with van der Waals surface area (Å²) in [6.07, 6.45) is 0. The summed E-state index contributed by atoms with van der Waals surface area (Å²) in [4.78, 5) is 12.5. The van der Waals surface area contributed by atoms with Gasteiger partial charge in [-0.1, -0.05) is 41.9 Å². The quantitative estimate of drug-likeness (QED) is 0.671. The summed E-state index contributed by atoms with van der Waals surface area (Å²) >= 11 is 6.16. The van der Waals surface area contributed by atoms with Crippen molar-refractivity contribution in [3.63, 3.8) is 0 Å². The highest BCUT2D eigenvalue weighted by Gasteiger charge is 2.34. The largest absolute Gasteiger partial charge is 0.489 e. The lowest BCUT2D eigenvalue weighted by Gasteiger charge is -2.25. The minimum Gasteiger partial charge on any atom is -0.489 e. The zero-order chi connectivity index (χ0) is 21.3. The summed E-state index contributed by atoms with van der Waals surface area (Å²) in [5.74, 6) is 0.600. The van der Waals surface area contributed by atoms with Crippen molar-refractivity contribution in [2.45, 2.75) is 19.4 Å². The minimum absolute atomic E-state index is 0.0287. The number of hydrogen-bond acceptors (Lipinski definition) is 6. The molecule has 0 spiro atoms. The van der Waals surface area contributed by atoms with Crippen LogP contribution in [0, 0.1) is 18.3 Å². The molecule has 0 bridgehead atoms. The molecule has 1 atom stereocenters. The number of nitriles is 1. The van der Waals surface area contributed by atoms with Gasteiger partial charge in [0.1, 0.15) is 35.5 Å². The fourth-order valence-electron chi connectivity index (χ4n) is 3.38. The van der Waals surface area contributed by atoms with E-state index in [0.29, 0.717) is 34.5 Å². The van der Waals surface area contributed by atoms with Crippen LogP contribution in [-0.4, -0.2) is 0 Å². The molecule has 30 heavy (non-hydrogen) atoms. The summed E-state index contributed by atoms with van der Waals surface area (Å²) in [6.45, 7) is 1.96. The van der Waals surface area contributed by atoms with Gasteiger partial charge in [-0.2, -0.15) is 5.26 Å².